The molecular weight excluding hydrogens is 412 g/mol. The SMILES string of the molecule is Cc1nc2ccc(CN)cc2c(=O)n1[C@@]1(C(=O)OCc2ccccc2)CCC(=O)NC1=O. The second-order valence-electron chi connectivity index (χ2n) is 7.65. The van der Waals surface area contributed by atoms with Crippen molar-refractivity contribution in [3.05, 3.63) is 75.8 Å². The van der Waals surface area contributed by atoms with E-state index in [0.29, 0.717) is 11.1 Å². The highest BCUT2D eigenvalue weighted by Crippen LogP contribution is 2.30. The van der Waals surface area contributed by atoms with E-state index in [1.54, 1.807) is 42.5 Å². The van der Waals surface area contributed by atoms with E-state index >= 15 is 0 Å². The average molecular weight is 434 g/mol. The summed E-state index contributed by atoms with van der Waals surface area (Å²) >= 11 is 0. The summed E-state index contributed by atoms with van der Waals surface area (Å²) in [7, 11) is 0. The highest BCUT2D eigenvalue weighted by atomic mass is 16.5. The molecule has 2 heterocycles. The van der Waals surface area contributed by atoms with E-state index in [-0.39, 0.29) is 37.2 Å². The number of nitrogens with one attached hydrogen (secondary N) is 1. The van der Waals surface area contributed by atoms with Crippen LogP contribution in [0.25, 0.3) is 10.9 Å². The molecule has 32 heavy (non-hydrogen) atoms. The molecule has 0 radical (unpaired) electrons. The van der Waals surface area contributed by atoms with Crippen LogP contribution in [0, 0.1) is 6.92 Å². The number of benzene rings is 2. The van der Waals surface area contributed by atoms with Crippen LogP contribution in [0.4, 0.5) is 0 Å². The number of carbonyl (C=O) groups is 3. The van der Waals surface area contributed by atoms with E-state index in [2.05, 4.69) is 10.3 Å². The summed E-state index contributed by atoms with van der Waals surface area (Å²) in [5, 5.41) is 2.41. The summed E-state index contributed by atoms with van der Waals surface area (Å²) in [4.78, 5) is 56.3. The molecule has 2 amide bonds. The molecule has 1 aliphatic heterocycles. The Labute approximate surface area is 183 Å². The van der Waals surface area contributed by atoms with E-state index in [1.165, 1.54) is 6.92 Å². The number of hydrogen-bond donors (Lipinski definition) is 2. The highest BCUT2D eigenvalue weighted by Gasteiger charge is 2.54. The number of ether oxygens (including phenoxy) is 1. The molecule has 1 fully saturated rings. The average Bonchev–Trinajstić information content (AvgIpc) is 2.79. The van der Waals surface area contributed by atoms with Crippen molar-refractivity contribution in [3.63, 3.8) is 0 Å². The molecule has 0 saturated carbocycles. The molecule has 3 aromatic rings. The first-order valence-electron chi connectivity index (χ1n) is 10.1. The number of fused-ring (bicyclic) bond motifs is 1. The predicted molar refractivity (Wildman–Crippen MR) is 115 cm³/mol. The van der Waals surface area contributed by atoms with Crippen LogP contribution in [0.3, 0.4) is 0 Å². The molecule has 0 aliphatic carbocycles. The normalized spacial score (nSPS) is 18.4. The number of hydrogen-bond acceptors (Lipinski definition) is 7. The first kappa shape index (κ1) is 21.4. The second-order valence-corrected chi connectivity index (χ2v) is 7.65. The fourth-order valence-corrected chi connectivity index (χ4v) is 3.96. The molecule has 1 saturated heterocycles. The van der Waals surface area contributed by atoms with Crippen LogP contribution in [0.5, 0.6) is 0 Å². The summed E-state index contributed by atoms with van der Waals surface area (Å²) in [6, 6.07) is 14.0. The Morgan fingerprint density at radius 1 is 1.16 bits per heavy atom. The number of aromatic nitrogens is 2. The number of aryl methyl sites for hydroxylation is 1. The summed E-state index contributed by atoms with van der Waals surface area (Å²) in [6.45, 7) is 1.66. The zero-order chi connectivity index (χ0) is 22.9. The summed E-state index contributed by atoms with van der Waals surface area (Å²) < 4.78 is 6.53. The van der Waals surface area contributed by atoms with Crippen molar-refractivity contribution in [1.82, 2.24) is 14.9 Å². The first-order valence-corrected chi connectivity index (χ1v) is 10.1. The van der Waals surface area contributed by atoms with Gasteiger partial charge in [0.05, 0.1) is 10.9 Å². The predicted octanol–water partition coefficient (Wildman–Crippen LogP) is 1.04. The van der Waals surface area contributed by atoms with Crippen molar-refractivity contribution in [2.45, 2.75) is 38.5 Å². The van der Waals surface area contributed by atoms with Gasteiger partial charge < -0.3 is 10.5 Å². The summed E-state index contributed by atoms with van der Waals surface area (Å²) in [5.41, 5.74) is 4.91. The Balaban J connectivity index is 1.86. The third-order valence-electron chi connectivity index (χ3n) is 5.61. The van der Waals surface area contributed by atoms with Gasteiger partial charge in [-0.2, -0.15) is 0 Å². The van der Waals surface area contributed by atoms with Gasteiger partial charge in [0.1, 0.15) is 12.4 Å². The Kier molecular flexibility index (Phi) is 5.58. The van der Waals surface area contributed by atoms with E-state index in [0.717, 1.165) is 10.1 Å². The largest absolute Gasteiger partial charge is 0.459 e. The van der Waals surface area contributed by atoms with Gasteiger partial charge in [-0.3, -0.25) is 24.3 Å². The highest BCUT2D eigenvalue weighted by molar-refractivity contribution is 6.12. The van der Waals surface area contributed by atoms with Crippen molar-refractivity contribution < 1.29 is 19.1 Å². The fraction of sp³-hybridized carbons (Fsp3) is 0.261. The molecule has 9 nitrogen and oxygen atoms in total. The van der Waals surface area contributed by atoms with E-state index in [9.17, 15) is 19.2 Å². The maximum atomic E-state index is 13.5. The van der Waals surface area contributed by atoms with Crippen LogP contribution in [-0.2, 0) is 37.8 Å². The van der Waals surface area contributed by atoms with Gasteiger partial charge in [0.25, 0.3) is 11.5 Å². The molecule has 0 spiro atoms. The van der Waals surface area contributed by atoms with Gasteiger partial charge in [0.15, 0.2) is 0 Å². The monoisotopic (exact) mass is 434 g/mol. The first-order chi connectivity index (χ1) is 15.4. The number of piperidine rings is 1. The van der Waals surface area contributed by atoms with Gasteiger partial charge in [0.2, 0.25) is 11.4 Å². The standard InChI is InChI=1S/C23H22N4O5/c1-14-25-18-8-7-16(12-24)11-17(18)20(29)27(14)23(10-9-19(28)26-21(23)30)22(31)32-13-15-5-3-2-4-6-15/h2-8,11H,9-10,12-13,24H2,1H3,(H,26,28,30)/t23-/m0/s1. The lowest BCUT2D eigenvalue weighted by Crippen LogP contribution is -2.62. The van der Waals surface area contributed by atoms with Gasteiger partial charge >= 0.3 is 5.97 Å². The van der Waals surface area contributed by atoms with Gasteiger partial charge in [-0.1, -0.05) is 36.4 Å². The van der Waals surface area contributed by atoms with Crippen LogP contribution < -0.4 is 16.6 Å². The maximum Gasteiger partial charge on any atom is 0.342 e. The molecule has 2 aromatic carbocycles. The molecule has 3 N–H and O–H groups in total. The van der Waals surface area contributed by atoms with Crippen molar-refractivity contribution >= 4 is 28.7 Å². The third-order valence-corrected chi connectivity index (χ3v) is 5.61. The second kappa shape index (κ2) is 8.35. The number of nitrogens with zero attached hydrogens (tertiary/aromatic N) is 2. The zero-order valence-corrected chi connectivity index (χ0v) is 17.5. The molecule has 4 rings (SSSR count). The van der Waals surface area contributed by atoms with Crippen LogP contribution >= 0.6 is 0 Å². The lowest BCUT2D eigenvalue weighted by atomic mass is 9.87. The zero-order valence-electron chi connectivity index (χ0n) is 17.5. The molecule has 0 unspecified atom stereocenters. The molecule has 1 aliphatic rings. The Morgan fingerprint density at radius 2 is 1.91 bits per heavy atom. The smallest absolute Gasteiger partial charge is 0.342 e. The fourth-order valence-electron chi connectivity index (χ4n) is 3.96. The Morgan fingerprint density at radius 3 is 2.59 bits per heavy atom. The Bertz CT molecular complexity index is 1280. The number of nitrogens with two attached hydrogens (primary N) is 1. The topological polar surface area (TPSA) is 133 Å². The minimum absolute atomic E-state index is 0.0885. The molecule has 164 valence electrons. The van der Waals surface area contributed by atoms with E-state index in [1.807, 2.05) is 6.07 Å². The van der Waals surface area contributed by atoms with Crippen LogP contribution in [-0.4, -0.2) is 27.3 Å². The van der Waals surface area contributed by atoms with Crippen molar-refractivity contribution in [1.29, 1.82) is 0 Å². The minimum atomic E-state index is -2.05. The summed E-state index contributed by atoms with van der Waals surface area (Å²) in [5.74, 6) is -2.20. The Hall–Kier alpha value is -3.85. The lowest BCUT2D eigenvalue weighted by molar-refractivity contribution is -0.164. The number of imide groups is 1. The number of carbonyl (C=O) groups excluding carboxylic acids is 3. The molecule has 9 heteroatoms. The molecule has 0 bridgehead atoms. The van der Waals surface area contributed by atoms with E-state index < -0.39 is 28.9 Å². The molecular formula is C23H22N4O5. The molecule has 1 atom stereocenters. The van der Waals surface area contributed by atoms with Crippen LogP contribution in [0.2, 0.25) is 0 Å². The van der Waals surface area contributed by atoms with Gasteiger partial charge in [-0.05, 0) is 36.6 Å². The molecule has 1 aromatic heterocycles. The minimum Gasteiger partial charge on any atom is -0.459 e. The maximum absolute atomic E-state index is 13.5. The number of amides is 2. The number of esters is 1. The van der Waals surface area contributed by atoms with Gasteiger partial charge in [0, 0.05) is 13.0 Å². The van der Waals surface area contributed by atoms with Crippen molar-refractivity contribution in [2.75, 3.05) is 0 Å². The van der Waals surface area contributed by atoms with Gasteiger partial charge in [-0.15, -0.1) is 0 Å². The van der Waals surface area contributed by atoms with Crippen molar-refractivity contribution in [2.24, 2.45) is 5.73 Å². The van der Waals surface area contributed by atoms with Crippen LogP contribution in [0.1, 0.15) is 29.8 Å². The van der Waals surface area contributed by atoms with Crippen LogP contribution in [0.15, 0.2) is 53.3 Å². The third kappa shape index (κ3) is 3.56. The quantitative estimate of drug-likeness (QED) is 0.348. The van der Waals surface area contributed by atoms with E-state index in [4.69, 9.17) is 10.5 Å². The summed E-state index contributed by atoms with van der Waals surface area (Å²) in [6.07, 6.45) is -0.339. The van der Waals surface area contributed by atoms with Crippen molar-refractivity contribution in [3.8, 4) is 0 Å². The number of rotatable bonds is 5. The lowest BCUT2D eigenvalue weighted by Gasteiger charge is -2.35. The van der Waals surface area contributed by atoms with Gasteiger partial charge in [-0.25, -0.2) is 9.78 Å².